The van der Waals surface area contributed by atoms with Crippen molar-refractivity contribution >= 4 is 19.8 Å². The minimum Gasteiger partial charge on any atom is -0.756 e. The molecule has 10 heteroatoms. The molecule has 0 aliphatic heterocycles. The Morgan fingerprint density at radius 3 is 1.23 bits per heavy atom. The summed E-state index contributed by atoms with van der Waals surface area (Å²) in [5, 5.41) is 0. The monoisotopic (exact) mass is 944 g/mol. The number of rotatable bonds is 47. The summed E-state index contributed by atoms with van der Waals surface area (Å²) in [4.78, 5) is 37.7. The van der Waals surface area contributed by atoms with Gasteiger partial charge in [-0.2, -0.15) is 0 Å². The van der Waals surface area contributed by atoms with Crippen molar-refractivity contribution in [2.75, 3.05) is 47.5 Å². The predicted octanol–water partition coefficient (Wildman–Crippen LogP) is 15.3. The number of hydrogen-bond donors (Lipinski definition) is 0. The van der Waals surface area contributed by atoms with E-state index in [4.69, 9.17) is 18.5 Å². The van der Waals surface area contributed by atoms with Gasteiger partial charge in [0.25, 0.3) is 7.82 Å². The van der Waals surface area contributed by atoms with Gasteiger partial charge < -0.3 is 27.9 Å². The number of carbonyl (C=O) groups is 2. The van der Waals surface area contributed by atoms with Crippen molar-refractivity contribution in [1.29, 1.82) is 0 Å². The van der Waals surface area contributed by atoms with Gasteiger partial charge in [-0.05, 0) is 83.5 Å². The van der Waals surface area contributed by atoms with Crippen LogP contribution in [0.2, 0.25) is 0 Å². The predicted molar refractivity (Wildman–Crippen MR) is 277 cm³/mol. The van der Waals surface area contributed by atoms with Crippen LogP contribution in [0.5, 0.6) is 0 Å². The standard InChI is InChI=1S/C56H98NO8P/c1-6-8-10-12-14-16-18-20-21-22-23-24-25-26-27-28-29-30-31-32-33-34-35-37-39-41-43-45-47-49-56(59)65-54(53-64-66(60,61)63-51-50-57(3,4)5)52-62-55(58)48-46-44-42-40-38-36-19-17-15-13-11-9-7-2/h8-11,14-17,20-21,23-24,36,38,54H,6-7,12-13,18-19,22,25-35,37,39-53H2,1-5H3/b10-8-,11-9-,16-14-,17-15-,21-20-,24-23-,38-36-. The molecule has 0 radical (unpaired) electrons. The molecule has 2 unspecified atom stereocenters. The van der Waals surface area contributed by atoms with Crippen LogP contribution in [0.15, 0.2) is 85.1 Å². The summed E-state index contributed by atoms with van der Waals surface area (Å²) in [5.41, 5.74) is 0. The highest BCUT2D eigenvalue weighted by atomic mass is 31.2. The van der Waals surface area contributed by atoms with Crippen molar-refractivity contribution in [3.63, 3.8) is 0 Å². The lowest BCUT2D eigenvalue weighted by Crippen LogP contribution is -2.37. The number of unbranched alkanes of at least 4 members (excludes halogenated alkanes) is 19. The lowest BCUT2D eigenvalue weighted by Gasteiger charge is -2.28. The first-order valence-electron chi connectivity index (χ1n) is 26.3. The van der Waals surface area contributed by atoms with Crippen molar-refractivity contribution in [3.05, 3.63) is 85.1 Å². The highest BCUT2D eigenvalue weighted by Gasteiger charge is 2.21. The fourth-order valence-electron chi connectivity index (χ4n) is 6.90. The van der Waals surface area contributed by atoms with Crippen LogP contribution in [-0.4, -0.2) is 70.0 Å². The first-order chi connectivity index (χ1) is 32.0. The molecule has 0 rings (SSSR count). The van der Waals surface area contributed by atoms with E-state index in [1.54, 1.807) is 0 Å². The molecule has 0 heterocycles. The Morgan fingerprint density at radius 2 is 0.818 bits per heavy atom. The summed E-state index contributed by atoms with van der Waals surface area (Å²) in [6, 6.07) is 0. The SMILES string of the molecule is CC/C=C\C/C=C\C/C=C\C/C=C\CCCCCCCCCCCCCCCCCCC(=O)OC(COC(=O)CCCCC/C=C\C/C=C\C/C=C\CC)COP(=O)([O-])OCC[N+](C)(C)C. The van der Waals surface area contributed by atoms with Crippen LogP contribution in [0.1, 0.15) is 206 Å². The van der Waals surface area contributed by atoms with Crippen LogP contribution in [0.4, 0.5) is 0 Å². The number of quaternary nitrogens is 1. The van der Waals surface area contributed by atoms with Crippen LogP contribution in [0.25, 0.3) is 0 Å². The molecule has 380 valence electrons. The molecule has 0 aliphatic rings. The summed E-state index contributed by atoms with van der Waals surface area (Å²) in [5.74, 6) is -0.870. The Balaban J connectivity index is 4.13. The zero-order valence-electron chi connectivity index (χ0n) is 42.9. The third kappa shape index (κ3) is 50.6. The largest absolute Gasteiger partial charge is 0.756 e. The number of allylic oxidation sites excluding steroid dienone is 14. The van der Waals surface area contributed by atoms with E-state index in [9.17, 15) is 19.0 Å². The zero-order valence-corrected chi connectivity index (χ0v) is 43.8. The smallest absolute Gasteiger partial charge is 0.306 e. The van der Waals surface area contributed by atoms with Crippen LogP contribution in [0, 0.1) is 0 Å². The average molecular weight is 944 g/mol. The summed E-state index contributed by atoms with van der Waals surface area (Å²) in [7, 11) is 1.14. The van der Waals surface area contributed by atoms with Gasteiger partial charge in [0.15, 0.2) is 6.10 Å². The van der Waals surface area contributed by atoms with Gasteiger partial charge in [0.1, 0.15) is 19.8 Å². The molecule has 0 aromatic rings. The van der Waals surface area contributed by atoms with Crippen LogP contribution in [0.3, 0.4) is 0 Å². The molecule has 66 heavy (non-hydrogen) atoms. The second kappa shape index (κ2) is 47.3. The van der Waals surface area contributed by atoms with E-state index in [1.807, 2.05) is 21.1 Å². The number of phosphoric acid groups is 1. The van der Waals surface area contributed by atoms with E-state index in [0.29, 0.717) is 23.9 Å². The Bertz CT molecular complexity index is 1390. The van der Waals surface area contributed by atoms with Crippen LogP contribution in [-0.2, 0) is 32.7 Å². The molecule has 0 fully saturated rings. The lowest BCUT2D eigenvalue weighted by molar-refractivity contribution is -0.870. The summed E-state index contributed by atoms with van der Waals surface area (Å²) < 4.78 is 34.0. The van der Waals surface area contributed by atoms with E-state index in [-0.39, 0.29) is 26.1 Å². The van der Waals surface area contributed by atoms with Crippen molar-refractivity contribution in [2.24, 2.45) is 0 Å². The number of hydrogen-bond acceptors (Lipinski definition) is 8. The Kier molecular flexibility index (Phi) is 45.3. The molecule has 0 aromatic carbocycles. The third-order valence-corrected chi connectivity index (χ3v) is 11.9. The average Bonchev–Trinajstić information content (AvgIpc) is 3.27. The topological polar surface area (TPSA) is 111 Å². The van der Waals surface area contributed by atoms with E-state index < -0.39 is 32.5 Å². The van der Waals surface area contributed by atoms with Crippen LogP contribution < -0.4 is 4.89 Å². The van der Waals surface area contributed by atoms with Gasteiger partial charge in [-0.25, -0.2) is 0 Å². The molecular weight excluding hydrogens is 846 g/mol. The molecule has 0 bridgehead atoms. The van der Waals surface area contributed by atoms with E-state index in [0.717, 1.165) is 83.5 Å². The molecule has 0 aliphatic carbocycles. The minimum atomic E-state index is -4.64. The zero-order chi connectivity index (χ0) is 48.5. The summed E-state index contributed by atoms with van der Waals surface area (Å²) >= 11 is 0. The molecule has 0 N–H and O–H groups in total. The van der Waals surface area contributed by atoms with E-state index in [1.165, 1.54) is 83.5 Å². The number of phosphoric ester groups is 1. The molecule has 0 aromatic heterocycles. The maximum absolute atomic E-state index is 12.7. The van der Waals surface area contributed by atoms with Gasteiger partial charge in [0.05, 0.1) is 27.7 Å². The van der Waals surface area contributed by atoms with E-state index >= 15 is 0 Å². The second-order valence-corrected chi connectivity index (χ2v) is 19.9. The van der Waals surface area contributed by atoms with E-state index in [2.05, 4.69) is 98.9 Å². The molecule has 2 atom stereocenters. The number of likely N-dealkylation sites (N-methyl/N-ethyl adjacent to an activating group) is 1. The highest BCUT2D eigenvalue weighted by molar-refractivity contribution is 7.45. The first kappa shape index (κ1) is 63.2. The van der Waals surface area contributed by atoms with Gasteiger partial charge in [0, 0.05) is 12.8 Å². The molecule has 0 amide bonds. The number of carbonyl (C=O) groups excluding carboxylic acids is 2. The van der Waals surface area contributed by atoms with Gasteiger partial charge in [-0.15, -0.1) is 0 Å². The van der Waals surface area contributed by atoms with Crippen molar-refractivity contribution in [3.8, 4) is 0 Å². The van der Waals surface area contributed by atoms with Gasteiger partial charge in [-0.3, -0.25) is 14.2 Å². The molecular formula is C56H98NO8P. The first-order valence-corrected chi connectivity index (χ1v) is 27.8. The fourth-order valence-corrected chi connectivity index (χ4v) is 7.62. The summed E-state index contributed by atoms with van der Waals surface area (Å²) in [6.07, 6.45) is 62.1. The number of nitrogens with zero attached hydrogens (tertiary/aromatic N) is 1. The Labute approximate surface area is 405 Å². The van der Waals surface area contributed by atoms with Crippen molar-refractivity contribution in [2.45, 2.75) is 213 Å². The quantitative estimate of drug-likeness (QED) is 0.0195. The molecule has 0 saturated carbocycles. The third-order valence-electron chi connectivity index (χ3n) is 10.9. The number of esters is 2. The van der Waals surface area contributed by atoms with Crippen molar-refractivity contribution < 1.29 is 42.1 Å². The molecule has 9 nitrogen and oxygen atoms in total. The normalized spacial score (nSPS) is 14.1. The second-order valence-electron chi connectivity index (χ2n) is 18.5. The number of ether oxygens (including phenoxy) is 2. The maximum Gasteiger partial charge on any atom is 0.306 e. The van der Waals surface area contributed by atoms with Gasteiger partial charge in [-0.1, -0.05) is 195 Å². The Hall–Kier alpha value is -2.81. The fraction of sp³-hybridized carbons (Fsp3) is 0.714. The van der Waals surface area contributed by atoms with Gasteiger partial charge >= 0.3 is 11.9 Å². The highest BCUT2D eigenvalue weighted by Crippen LogP contribution is 2.38. The maximum atomic E-state index is 12.7. The van der Waals surface area contributed by atoms with Crippen LogP contribution >= 0.6 is 7.82 Å². The molecule has 0 spiro atoms. The lowest BCUT2D eigenvalue weighted by atomic mass is 10.0. The van der Waals surface area contributed by atoms with Gasteiger partial charge in [0.2, 0.25) is 0 Å². The minimum absolute atomic E-state index is 0.0386. The Morgan fingerprint density at radius 1 is 0.470 bits per heavy atom. The summed E-state index contributed by atoms with van der Waals surface area (Å²) in [6.45, 7) is 3.97. The van der Waals surface area contributed by atoms with Crippen molar-refractivity contribution in [1.82, 2.24) is 0 Å². The molecule has 0 saturated heterocycles.